The van der Waals surface area contributed by atoms with E-state index in [4.69, 9.17) is 0 Å². The van der Waals surface area contributed by atoms with Crippen molar-refractivity contribution in [3.63, 3.8) is 0 Å². The molecule has 17 heteroatoms. The van der Waals surface area contributed by atoms with E-state index in [1.807, 2.05) is 0 Å². The topological polar surface area (TPSA) is 112 Å². The molecular weight excluding hydrogens is 635 g/mol. The molecule has 0 fully saturated rings. The number of aliphatic hydroxyl groups is 1. The van der Waals surface area contributed by atoms with Crippen molar-refractivity contribution in [1.82, 2.24) is 24.5 Å². The maximum Gasteiger partial charge on any atom is 0.573 e. The molecule has 0 spiro atoms. The van der Waals surface area contributed by atoms with E-state index in [1.165, 1.54) is 48.1 Å². The fourth-order valence-electron chi connectivity index (χ4n) is 4.64. The molecule has 1 N–H and O–H groups in total. The van der Waals surface area contributed by atoms with E-state index in [1.54, 1.807) is 0 Å². The van der Waals surface area contributed by atoms with E-state index in [0.717, 1.165) is 41.3 Å². The van der Waals surface area contributed by atoms with Gasteiger partial charge in [-0.1, -0.05) is 11.3 Å². The van der Waals surface area contributed by atoms with Gasteiger partial charge in [-0.15, -0.1) is 18.3 Å². The number of hydrogen-bond donors (Lipinski definition) is 1. The maximum absolute atomic E-state index is 15.0. The molecule has 0 bridgehead atoms. The lowest BCUT2D eigenvalue weighted by atomic mass is 9.98. The zero-order valence-corrected chi connectivity index (χ0v) is 23.8. The van der Waals surface area contributed by atoms with Gasteiger partial charge in [0.2, 0.25) is 0 Å². The minimum atomic E-state index is -4.93. The van der Waals surface area contributed by atoms with Crippen LogP contribution in [0.5, 0.6) is 5.75 Å². The molecule has 2 heterocycles. The van der Waals surface area contributed by atoms with E-state index in [0.29, 0.717) is 0 Å². The first-order chi connectivity index (χ1) is 21.0. The van der Waals surface area contributed by atoms with Gasteiger partial charge in [0.25, 0.3) is 0 Å². The fraction of sp³-hybridized carbons (Fsp3) is 0.179. The minimum Gasteiger partial charge on any atom is -0.406 e. The Morgan fingerprint density at radius 2 is 1.64 bits per heavy atom. The van der Waals surface area contributed by atoms with Crippen LogP contribution in [0.25, 0.3) is 33.8 Å². The van der Waals surface area contributed by atoms with Crippen LogP contribution in [-0.4, -0.2) is 50.7 Å². The molecule has 0 aliphatic heterocycles. The molecule has 3 aromatic carbocycles. The van der Waals surface area contributed by atoms with Crippen molar-refractivity contribution in [1.29, 1.82) is 0 Å². The number of alkyl halides is 6. The van der Waals surface area contributed by atoms with Crippen LogP contribution in [0.1, 0.15) is 17.1 Å². The molecule has 2 aromatic heterocycles. The zero-order chi connectivity index (χ0) is 32.9. The summed E-state index contributed by atoms with van der Waals surface area (Å²) in [6.07, 6.45) is -6.85. The van der Waals surface area contributed by atoms with Gasteiger partial charge in [-0.3, -0.25) is 0 Å². The lowest BCUT2D eigenvalue weighted by Gasteiger charge is -2.16. The predicted molar refractivity (Wildman–Crippen MR) is 145 cm³/mol. The summed E-state index contributed by atoms with van der Waals surface area (Å²) in [4.78, 5) is 3.14. The molecule has 0 aliphatic carbocycles. The van der Waals surface area contributed by atoms with Gasteiger partial charge in [0.15, 0.2) is 15.5 Å². The van der Waals surface area contributed by atoms with E-state index in [2.05, 4.69) is 20.0 Å². The van der Waals surface area contributed by atoms with Gasteiger partial charge >= 0.3 is 12.5 Å². The second kappa shape index (κ2) is 11.3. The minimum absolute atomic E-state index is 0.0540. The van der Waals surface area contributed by atoms with Gasteiger partial charge in [0.1, 0.15) is 17.4 Å². The van der Waals surface area contributed by atoms with E-state index in [-0.39, 0.29) is 39.6 Å². The Labute approximate surface area is 250 Å². The molecule has 0 unspecified atom stereocenters. The molecule has 0 aliphatic rings. The second-order valence-corrected chi connectivity index (χ2v) is 11.7. The van der Waals surface area contributed by atoms with Crippen molar-refractivity contribution in [3.8, 4) is 39.5 Å². The largest absolute Gasteiger partial charge is 0.573 e. The SMILES string of the molecule is Cc1nc(C(F)(F)F)cn1-c1ccc(-c2cc(F)c(CO)c(S(C)(=O)=O)c2)cc1-c1cnnn1-c1ccc(OC(F)(F)F)cc1. The van der Waals surface area contributed by atoms with Crippen LogP contribution in [0.2, 0.25) is 0 Å². The van der Waals surface area contributed by atoms with Crippen LogP contribution in [-0.2, 0) is 22.6 Å². The summed E-state index contributed by atoms with van der Waals surface area (Å²) >= 11 is 0. The summed E-state index contributed by atoms with van der Waals surface area (Å²) < 4.78 is 125. The molecule has 5 rings (SSSR count). The first-order valence-electron chi connectivity index (χ1n) is 12.6. The highest BCUT2D eigenvalue weighted by molar-refractivity contribution is 7.90. The van der Waals surface area contributed by atoms with Crippen LogP contribution in [0.15, 0.2) is 71.9 Å². The van der Waals surface area contributed by atoms with E-state index in [9.17, 15) is 44.3 Å². The van der Waals surface area contributed by atoms with Crippen LogP contribution in [0.3, 0.4) is 0 Å². The van der Waals surface area contributed by atoms with Gasteiger partial charge < -0.3 is 14.4 Å². The predicted octanol–water partition coefficient (Wildman–Crippen LogP) is 6.05. The number of aliphatic hydroxyl groups excluding tert-OH is 1. The smallest absolute Gasteiger partial charge is 0.406 e. The molecule has 45 heavy (non-hydrogen) atoms. The number of sulfone groups is 1. The van der Waals surface area contributed by atoms with Gasteiger partial charge in [0, 0.05) is 23.6 Å². The van der Waals surface area contributed by atoms with E-state index >= 15 is 0 Å². The van der Waals surface area contributed by atoms with Crippen LogP contribution in [0, 0.1) is 12.7 Å². The standard InChI is InChI=1S/C28H20F7N5O4S/c1-15-37-26(27(30,31)32)13-39(15)23-8-3-16(17-10-22(29)21(14-41)25(11-17)45(2,42)43)9-20(23)24-12-36-38-40(24)18-4-6-19(7-5-18)44-28(33,34)35/h3-13,41H,14H2,1-2H3. The Hall–Kier alpha value is -4.77. The van der Waals surface area contributed by atoms with Crippen molar-refractivity contribution in [2.24, 2.45) is 0 Å². The Balaban J connectivity index is 1.72. The number of rotatable bonds is 7. The number of nitrogens with zero attached hydrogens (tertiary/aromatic N) is 5. The summed E-state index contributed by atoms with van der Waals surface area (Å²) in [5.41, 5.74) is -0.696. The number of imidazole rings is 1. The first-order valence-corrected chi connectivity index (χ1v) is 14.5. The summed E-state index contributed by atoms with van der Waals surface area (Å²) in [6.45, 7) is 0.445. The summed E-state index contributed by atoms with van der Waals surface area (Å²) in [5, 5.41) is 17.4. The average molecular weight is 656 g/mol. The summed E-state index contributed by atoms with van der Waals surface area (Å²) in [6, 6.07) is 10.9. The van der Waals surface area contributed by atoms with Crippen molar-refractivity contribution >= 4 is 9.84 Å². The quantitative estimate of drug-likeness (QED) is 0.213. The molecule has 9 nitrogen and oxygen atoms in total. The van der Waals surface area contributed by atoms with E-state index < -0.39 is 56.7 Å². The van der Waals surface area contributed by atoms with Crippen molar-refractivity contribution in [2.75, 3.05) is 6.26 Å². The highest BCUT2D eigenvalue weighted by Gasteiger charge is 2.35. The number of benzene rings is 3. The number of ether oxygens (including phenoxy) is 1. The lowest BCUT2D eigenvalue weighted by Crippen LogP contribution is -2.17. The van der Waals surface area contributed by atoms with Gasteiger partial charge in [-0.2, -0.15) is 13.2 Å². The highest BCUT2D eigenvalue weighted by atomic mass is 32.2. The summed E-state index contributed by atoms with van der Waals surface area (Å²) in [5.74, 6) is -1.57. The molecule has 5 aromatic rings. The second-order valence-electron chi connectivity index (χ2n) is 9.71. The molecular formula is C28H20F7N5O4S. The first kappa shape index (κ1) is 31.6. The Morgan fingerprint density at radius 3 is 2.22 bits per heavy atom. The molecule has 0 saturated carbocycles. The average Bonchev–Trinajstić information content (AvgIpc) is 3.58. The third-order valence-electron chi connectivity index (χ3n) is 6.61. The molecule has 0 radical (unpaired) electrons. The van der Waals surface area contributed by atoms with Crippen molar-refractivity contribution in [2.45, 2.75) is 31.0 Å². The number of aryl methyl sites for hydroxylation is 1. The third kappa shape index (κ3) is 6.53. The molecule has 0 saturated heterocycles. The lowest BCUT2D eigenvalue weighted by molar-refractivity contribution is -0.274. The van der Waals surface area contributed by atoms with Gasteiger partial charge in [0.05, 0.1) is 34.8 Å². The fourth-order valence-corrected chi connectivity index (χ4v) is 5.60. The van der Waals surface area contributed by atoms with Crippen LogP contribution in [0.4, 0.5) is 30.7 Å². The van der Waals surface area contributed by atoms with Crippen LogP contribution >= 0.6 is 0 Å². The van der Waals surface area contributed by atoms with Gasteiger partial charge in [-0.25, -0.2) is 22.5 Å². The highest BCUT2D eigenvalue weighted by Crippen LogP contribution is 2.37. The van der Waals surface area contributed by atoms with Crippen molar-refractivity contribution in [3.05, 3.63) is 89.9 Å². The Morgan fingerprint density at radius 1 is 0.956 bits per heavy atom. The molecule has 0 atom stereocenters. The molecule has 0 amide bonds. The van der Waals surface area contributed by atoms with Crippen molar-refractivity contribution < 1.29 is 49.0 Å². The summed E-state index contributed by atoms with van der Waals surface area (Å²) in [7, 11) is -4.00. The Bertz CT molecular complexity index is 2000. The van der Waals surface area contributed by atoms with Gasteiger partial charge in [-0.05, 0) is 66.6 Å². The molecule has 236 valence electrons. The zero-order valence-electron chi connectivity index (χ0n) is 23.0. The normalized spacial score (nSPS) is 12.5. The number of aromatic nitrogens is 5. The number of halogens is 7. The third-order valence-corrected chi connectivity index (χ3v) is 7.78. The number of hydrogen-bond acceptors (Lipinski definition) is 7. The Kier molecular flexibility index (Phi) is 7.95. The maximum atomic E-state index is 15.0. The monoisotopic (exact) mass is 655 g/mol. The van der Waals surface area contributed by atoms with Crippen LogP contribution < -0.4 is 4.74 Å².